The predicted octanol–water partition coefficient (Wildman–Crippen LogP) is 19.2. The van der Waals surface area contributed by atoms with Gasteiger partial charge in [-0.15, -0.1) is 0 Å². The number of aromatic nitrogens is 1. The summed E-state index contributed by atoms with van der Waals surface area (Å²) in [5.41, 5.74) is 21.5. The number of hydrogen-bond acceptors (Lipinski definition) is 3. The monoisotopic (exact) mass is 980 g/mol. The first-order chi connectivity index (χ1) is 36.5. The maximum Gasteiger partial charge on any atom is 0.0714 e. The van der Waals surface area contributed by atoms with Crippen LogP contribution in [0.25, 0.3) is 60.9 Å². The van der Waals surface area contributed by atoms with Crippen LogP contribution >= 0.6 is 23.5 Å². The van der Waals surface area contributed by atoms with Crippen molar-refractivity contribution >= 4 is 62.4 Å². The van der Waals surface area contributed by atoms with Crippen LogP contribution in [-0.2, 0) is 10.8 Å². The van der Waals surface area contributed by atoms with Crippen molar-refractivity contribution in [2.75, 3.05) is 4.90 Å². The molecule has 74 heavy (non-hydrogen) atoms. The van der Waals surface area contributed by atoms with Gasteiger partial charge in [0.05, 0.1) is 22.1 Å². The molecule has 0 saturated carbocycles. The molecule has 2 nitrogen and oxygen atoms in total. The smallest absolute Gasteiger partial charge is 0.0714 e. The van der Waals surface area contributed by atoms with Crippen molar-refractivity contribution in [1.82, 2.24) is 4.57 Å². The van der Waals surface area contributed by atoms with Gasteiger partial charge in [0.15, 0.2) is 0 Å². The Bertz CT molecular complexity index is 4170. The molecule has 2 heterocycles. The van der Waals surface area contributed by atoms with Crippen molar-refractivity contribution in [2.45, 2.75) is 44.3 Å². The molecule has 0 fully saturated rings. The zero-order valence-electron chi connectivity index (χ0n) is 41.0. The second-order valence-corrected chi connectivity index (χ2v) is 22.5. The lowest BCUT2D eigenvalue weighted by Gasteiger charge is -2.36. The predicted molar refractivity (Wildman–Crippen MR) is 310 cm³/mol. The Balaban J connectivity index is 0.962. The summed E-state index contributed by atoms with van der Waals surface area (Å²) in [7, 11) is 0. The third-order valence-electron chi connectivity index (χ3n) is 16.1. The Labute approximate surface area is 440 Å². The molecule has 0 bridgehead atoms. The summed E-state index contributed by atoms with van der Waals surface area (Å²) >= 11 is 3.81. The van der Waals surface area contributed by atoms with Gasteiger partial charge in [-0.1, -0.05) is 219 Å². The summed E-state index contributed by atoms with van der Waals surface area (Å²) < 4.78 is 2.46. The molecule has 1 atom stereocenters. The topological polar surface area (TPSA) is 8.17 Å². The fourth-order valence-corrected chi connectivity index (χ4v) is 15.3. The third-order valence-corrected chi connectivity index (χ3v) is 18.7. The van der Waals surface area contributed by atoms with Crippen LogP contribution in [0.1, 0.15) is 47.2 Å². The van der Waals surface area contributed by atoms with Gasteiger partial charge in [-0.25, -0.2) is 0 Å². The third kappa shape index (κ3) is 6.28. The first kappa shape index (κ1) is 43.3. The first-order valence-corrected chi connectivity index (χ1v) is 27.2. The van der Waals surface area contributed by atoms with E-state index < -0.39 is 5.41 Å². The van der Waals surface area contributed by atoms with E-state index in [1.165, 1.54) is 114 Å². The maximum atomic E-state index is 2.50. The Kier molecular flexibility index (Phi) is 9.73. The lowest BCUT2D eigenvalue weighted by molar-refractivity contribution is 0.661. The van der Waals surface area contributed by atoms with Crippen LogP contribution in [0.3, 0.4) is 0 Å². The molecular formula is C70H48N2S2. The summed E-state index contributed by atoms with van der Waals surface area (Å²) in [5.74, 6) is 0. The molecule has 12 aromatic rings. The maximum absolute atomic E-state index is 2.50. The van der Waals surface area contributed by atoms with Crippen LogP contribution in [0.2, 0.25) is 0 Å². The second-order valence-electron chi connectivity index (χ2n) is 20.3. The van der Waals surface area contributed by atoms with Crippen LogP contribution in [0.15, 0.2) is 274 Å². The van der Waals surface area contributed by atoms with Gasteiger partial charge in [0.1, 0.15) is 0 Å². The molecule has 11 aromatic carbocycles. The van der Waals surface area contributed by atoms with E-state index in [-0.39, 0.29) is 5.41 Å². The van der Waals surface area contributed by atoms with Gasteiger partial charge in [-0.05, 0) is 134 Å². The van der Waals surface area contributed by atoms with Crippen molar-refractivity contribution < 1.29 is 0 Å². The average Bonchev–Trinajstić information content (AvgIpc) is 4.08. The molecule has 15 rings (SSSR count). The minimum Gasteiger partial charge on any atom is -0.310 e. The summed E-state index contributed by atoms with van der Waals surface area (Å²) in [6, 6.07) is 95.3. The summed E-state index contributed by atoms with van der Waals surface area (Å²) in [4.78, 5) is 7.76. The van der Waals surface area contributed by atoms with Gasteiger partial charge < -0.3 is 9.47 Å². The zero-order chi connectivity index (χ0) is 49.1. The van der Waals surface area contributed by atoms with Crippen molar-refractivity contribution in [1.29, 1.82) is 0 Å². The van der Waals surface area contributed by atoms with Gasteiger partial charge in [-0.2, -0.15) is 0 Å². The van der Waals surface area contributed by atoms with E-state index in [1.807, 2.05) is 23.5 Å². The van der Waals surface area contributed by atoms with Crippen LogP contribution in [0.4, 0.5) is 17.1 Å². The molecule has 2 aliphatic carbocycles. The molecule has 350 valence electrons. The molecule has 1 aliphatic heterocycles. The van der Waals surface area contributed by atoms with E-state index in [1.54, 1.807) is 0 Å². The fourth-order valence-electron chi connectivity index (χ4n) is 12.9. The largest absolute Gasteiger partial charge is 0.310 e. The minimum atomic E-state index is -0.657. The number of fused-ring (bicyclic) bond motifs is 12. The molecule has 4 heteroatoms. The Morgan fingerprint density at radius 3 is 1.72 bits per heavy atom. The van der Waals surface area contributed by atoms with Crippen LogP contribution in [0, 0.1) is 0 Å². The molecule has 1 aromatic heterocycles. The fraction of sp³-hybridized carbons (Fsp3) is 0.0571. The van der Waals surface area contributed by atoms with E-state index in [0.717, 1.165) is 17.1 Å². The number of para-hydroxylation sites is 2. The highest BCUT2D eigenvalue weighted by Gasteiger charge is 2.48. The highest BCUT2D eigenvalue weighted by molar-refractivity contribution is 8.05. The molecule has 0 radical (unpaired) electrons. The summed E-state index contributed by atoms with van der Waals surface area (Å²) in [5, 5.41) is 2.51. The standard InChI is InChI=1S/C70H48N2S2/c1-69(2)57-27-10-6-22-52(57)55-26-17-31-62(67(55)69)71(49-38-34-46(35-39-49)45-18-4-3-5-19-45)50-40-36-47(37-41-50)70(48-20-16-21-51(44-48)72-60-29-12-8-23-53(60)54-24-9-13-30-61(54)72)58-28-11-7-25-56(58)66-59(70)42-43-65-68(66)74-64-33-15-14-32-63(64)73-65/h3-44H,1-2H3. The molecule has 0 amide bonds. The minimum absolute atomic E-state index is 0.219. The quantitative estimate of drug-likeness (QED) is 0.157. The molecule has 1 unspecified atom stereocenters. The van der Waals surface area contributed by atoms with Gasteiger partial charge in [-0.3, -0.25) is 0 Å². The van der Waals surface area contributed by atoms with Gasteiger partial charge in [0.25, 0.3) is 0 Å². The number of rotatable bonds is 7. The van der Waals surface area contributed by atoms with E-state index in [0.29, 0.717) is 0 Å². The lowest BCUT2D eigenvalue weighted by Crippen LogP contribution is -2.29. The number of anilines is 3. The van der Waals surface area contributed by atoms with E-state index >= 15 is 0 Å². The van der Waals surface area contributed by atoms with Crippen molar-refractivity contribution in [3.8, 4) is 39.1 Å². The second kappa shape index (κ2) is 16.6. The highest BCUT2D eigenvalue weighted by Crippen LogP contribution is 2.63. The lowest BCUT2D eigenvalue weighted by atomic mass is 9.67. The SMILES string of the molecule is CC1(C)c2ccccc2-c2cccc(N(c3ccc(-c4ccccc4)cc3)c3ccc(C4(c5cccc(-n6c7ccccc7c7ccccc76)c5)c5ccccc5-c5c4ccc4c5Sc5ccccc5S4)cc3)c21. The molecular weight excluding hydrogens is 933 g/mol. The van der Waals surface area contributed by atoms with Gasteiger partial charge >= 0.3 is 0 Å². The number of benzene rings is 11. The number of nitrogens with zero attached hydrogens (tertiary/aromatic N) is 2. The Morgan fingerprint density at radius 2 is 0.973 bits per heavy atom. The first-order valence-electron chi connectivity index (χ1n) is 25.6. The van der Waals surface area contributed by atoms with Gasteiger partial charge in [0.2, 0.25) is 0 Å². The van der Waals surface area contributed by atoms with E-state index in [9.17, 15) is 0 Å². The molecule has 0 N–H and O–H groups in total. The van der Waals surface area contributed by atoms with Crippen molar-refractivity contribution in [3.05, 3.63) is 288 Å². The highest BCUT2D eigenvalue weighted by atomic mass is 32.2. The molecule has 3 aliphatic rings. The van der Waals surface area contributed by atoms with Gasteiger partial charge in [0, 0.05) is 58.4 Å². The molecule has 0 saturated heterocycles. The summed E-state index contributed by atoms with van der Waals surface area (Å²) in [6.07, 6.45) is 0. The Hall–Kier alpha value is -8.28. The van der Waals surface area contributed by atoms with Crippen molar-refractivity contribution in [2.24, 2.45) is 0 Å². The van der Waals surface area contributed by atoms with E-state index in [4.69, 9.17) is 0 Å². The van der Waals surface area contributed by atoms with Crippen LogP contribution in [-0.4, -0.2) is 4.57 Å². The van der Waals surface area contributed by atoms with E-state index in [2.05, 4.69) is 278 Å². The summed E-state index contributed by atoms with van der Waals surface area (Å²) in [6.45, 7) is 4.78. The van der Waals surface area contributed by atoms with Crippen LogP contribution in [0.5, 0.6) is 0 Å². The molecule has 0 spiro atoms. The van der Waals surface area contributed by atoms with Crippen molar-refractivity contribution in [3.63, 3.8) is 0 Å². The number of hydrogen-bond donors (Lipinski definition) is 0. The Morgan fingerprint density at radius 1 is 0.392 bits per heavy atom. The zero-order valence-corrected chi connectivity index (χ0v) is 42.6. The normalized spacial score (nSPS) is 15.5. The van der Waals surface area contributed by atoms with Crippen LogP contribution < -0.4 is 4.90 Å². The average molecular weight is 981 g/mol.